The fraction of sp³-hybridized carbons (Fsp3) is 0.294. The van der Waals surface area contributed by atoms with Gasteiger partial charge in [0, 0.05) is 7.11 Å². The third-order valence-electron chi connectivity index (χ3n) is 3.69. The lowest BCUT2D eigenvalue weighted by Gasteiger charge is -2.09. The van der Waals surface area contributed by atoms with E-state index < -0.39 is 0 Å². The molecule has 3 aromatic rings. The Morgan fingerprint density at radius 2 is 1.88 bits per heavy atom. The Kier molecular flexibility index (Phi) is 5.15. The van der Waals surface area contributed by atoms with Gasteiger partial charge in [0.2, 0.25) is 0 Å². The number of hydrogen-bond acceptors (Lipinski definition) is 8. The smallest absolute Gasteiger partial charge is 0.320 e. The van der Waals surface area contributed by atoms with Crippen LogP contribution in [-0.4, -0.2) is 47.0 Å². The average molecular weight is 354 g/mol. The quantitative estimate of drug-likeness (QED) is 0.631. The van der Waals surface area contributed by atoms with Gasteiger partial charge in [-0.2, -0.15) is 20.2 Å². The van der Waals surface area contributed by atoms with Crippen molar-refractivity contribution in [1.29, 1.82) is 5.26 Å². The Hall–Kier alpha value is -3.38. The molecule has 0 spiro atoms. The van der Waals surface area contributed by atoms with Crippen LogP contribution in [0.2, 0.25) is 0 Å². The van der Waals surface area contributed by atoms with Crippen LogP contribution in [0.15, 0.2) is 24.3 Å². The number of nitrogens with zero attached hydrogens (tertiary/aromatic N) is 5. The van der Waals surface area contributed by atoms with E-state index >= 15 is 0 Å². The van der Waals surface area contributed by atoms with E-state index in [0.717, 1.165) is 5.56 Å². The van der Waals surface area contributed by atoms with Gasteiger partial charge < -0.3 is 19.9 Å². The number of ether oxygens (including phenoxy) is 3. The standard InChI is InChI=1S/C17H18N6O3/c1-24-7-8-26-16-21-14(19)13-15(22-16)23(17(20-13)25-2)10-12-5-3-11(9-18)4-6-12/h3-6H,7-8,10H2,1-2H3,(H2,19,21,22). The lowest BCUT2D eigenvalue weighted by atomic mass is 10.1. The molecule has 2 N–H and O–H groups in total. The van der Waals surface area contributed by atoms with Crippen LogP contribution in [-0.2, 0) is 11.3 Å². The molecule has 134 valence electrons. The summed E-state index contributed by atoms with van der Waals surface area (Å²) in [6, 6.07) is 9.84. The van der Waals surface area contributed by atoms with Gasteiger partial charge in [-0.1, -0.05) is 12.1 Å². The van der Waals surface area contributed by atoms with E-state index in [1.807, 2.05) is 12.1 Å². The van der Waals surface area contributed by atoms with Crippen molar-refractivity contribution < 1.29 is 14.2 Å². The predicted octanol–water partition coefficient (Wildman–Crippen LogP) is 1.36. The molecular weight excluding hydrogens is 336 g/mol. The van der Waals surface area contributed by atoms with Gasteiger partial charge in [-0.3, -0.25) is 4.57 Å². The first-order valence-electron chi connectivity index (χ1n) is 7.84. The van der Waals surface area contributed by atoms with E-state index in [-0.39, 0.29) is 11.8 Å². The van der Waals surface area contributed by atoms with Crippen molar-refractivity contribution in [3.05, 3.63) is 35.4 Å². The molecule has 3 rings (SSSR count). The summed E-state index contributed by atoms with van der Waals surface area (Å²) in [5.41, 5.74) is 8.50. The molecule has 0 saturated carbocycles. The first kappa shape index (κ1) is 17.4. The maximum Gasteiger partial charge on any atom is 0.320 e. The Balaban J connectivity index is 1.99. The topological polar surface area (TPSA) is 121 Å². The molecule has 1 aromatic carbocycles. The molecule has 0 unspecified atom stereocenters. The van der Waals surface area contributed by atoms with Crippen molar-refractivity contribution in [2.24, 2.45) is 0 Å². The lowest BCUT2D eigenvalue weighted by molar-refractivity contribution is 0.141. The second-order valence-electron chi connectivity index (χ2n) is 5.40. The number of hydrogen-bond donors (Lipinski definition) is 1. The van der Waals surface area contributed by atoms with Crippen molar-refractivity contribution in [3.8, 4) is 18.1 Å². The van der Waals surface area contributed by atoms with Crippen molar-refractivity contribution in [1.82, 2.24) is 19.5 Å². The van der Waals surface area contributed by atoms with Crippen molar-refractivity contribution in [3.63, 3.8) is 0 Å². The summed E-state index contributed by atoms with van der Waals surface area (Å²) in [6.45, 7) is 1.16. The number of nitrogen functional groups attached to an aromatic ring is 1. The highest BCUT2D eigenvalue weighted by Crippen LogP contribution is 2.26. The minimum absolute atomic E-state index is 0.149. The maximum absolute atomic E-state index is 8.92. The monoisotopic (exact) mass is 354 g/mol. The minimum atomic E-state index is 0.149. The van der Waals surface area contributed by atoms with E-state index in [1.165, 1.54) is 7.11 Å². The van der Waals surface area contributed by atoms with Crippen molar-refractivity contribution >= 4 is 17.0 Å². The largest absolute Gasteiger partial charge is 0.468 e. The van der Waals surface area contributed by atoms with Gasteiger partial charge >= 0.3 is 6.01 Å². The molecule has 0 aliphatic heterocycles. The second kappa shape index (κ2) is 7.67. The lowest BCUT2D eigenvalue weighted by Crippen LogP contribution is -2.09. The Bertz CT molecular complexity index is 946. The number of imidazole rings is 1. The zero-order chi connectivity index (χ0) is 18.5. The Morgan fingerprint density at radius 1 is 1.12 bits per heavy atom. The Morgan fingerprint density at radius 3 is 2.54 bits per heavy atom. The summed E-state index contributed by atoms with van der Waals surface area (Å²) in [7, 11) is 3.11. The van der Waals surface area contributed by atoms with Crippen LogP contribution in [0, 0.1) is 11.3 Å². The van der Waals surface area contributed by atoms with Crippen LogP contribution >= 0.6 is 0 Å². The first-order chi connectivity index (χ1) is 12.7. The molecule has 26 heavy (non-hydrogen) atoms. The number of benzene rings is 1. The maximum atomic E-state index is 8.92. The van der Waals surface area contributed by atoms with E-state index in [1.54, 1.807) is 23.8 Å². The van der Waals surface area contributed by atoms with Crippen molar-refractivity contribution in [2.45, 2.75) is 6.54 Å². The van der Waals surface area contributed by atoms with Crippen LogP contribution in [0.4, 0.5) is 5.82 Å². The fourth-order valence-electron chi connectivity index (χ4n) is 2.43. The molecule has 2 aromatic heterocycles. The molecule has 0 radical (unpaired) electrons. The predicted molar refractivity (Wildman–Crippen MR) is 93.9 cm³/mol. The first-order valence-corrected chi connectivity index (χ1v) is 7.84. The van der Waals surface area contributed by atoms with Gasteiger partial charge in [0.25, 0.3) is 6.01 Å². The number of nitriles is 1. The normalized spacial score (nSPS) is 10.7. The van der Waals surface area contributed by atoms with Crippen LogP contribution in [0.25, 0.3) is 11.2 Å². The van der Waals surface area contributed by atoms with E-state index in [9.17, 15) is 0 Å². The molecule has 0 aliphatic rings. The molecule has 0 aliphatic carbocycles. The number of aromatic nitrogens is 4. The van der Waals surface area contributed by atoms with Gasteiger partial charge in [0.05, 0.1) is 31.9 Å². The summed E-state index contributed by atoms with van der Waals surface area (Å²) in [6.07, 6.45) is 0. The van der Waals surface area contributed by atoms with E-state index in [2.05, 4.69) is 21.0 Å². The number of nitrogens with two attached hydrogens (primary N) is 1. The van der Waals surface area contributed by atoms with Crippen LogP contribution in [0.5, 0.6) is 12.0 Å². The fourth-order valence-corrected chi connectivity index (χ4v) is 2.43. The molecule has 0 amide bonds. The molecule has 0 fully saturated rings. The highest BCUT2D eigenvalue weighted by Gasteiger charge is 2.18. The molecule has 9 nitrogen and oxygen atoms in total. The van der Waals surface area contributed by atoms with Gasteiger partial charge in [0.15, 0.2) is 17.0 Å². The van der Waals surface area contributed by atoms with Gasteiger partial charge in [-0.25, -0.2) is 0 Å². The van der Waals surface area contributed by atoms with Crippen LogP contribution in [0.3, 0.4) is 0 Å². The summed E-state index contributed by atoms with van der Waals surface area (Å²) in [5, 5.41) is 8.92. The minimum Gasteiger partial charge on any atom is -0.468 e. The van der Waals surface area contributed by atoms with E-state index in [4.69, 9.17) is 25.2 Å². The zero-order valence-corrected chi connectivity index (χ0v) is 14.5. The van der Waals surface area contributed by atoms with Gasteiger partial charge in [-0.05, 0) is 17.7 Å². The summed E-state index contributed by atoms with van der Waals surface area (Å²) in [5.74, 6) is 0.208. The van der Waals surface area contributed by atoms with E-state index in [0.29, 0.717) is 42.5 Å². The van der Waals surface area contributed by atoms with Gasteiger partial charge in [-0.15, -0.1) is 0 Å². The number of anilines is 1. The molecular formula is C17H18N6O3. The number of fused-ring (bicyclic) bond motifs is 1. The number of methoxy groups -OCH3 is 2. The molecule has 2 heterocycles. The molecule has 0 atom stereocenters. The third kappa shape index (κ3) is 3.50. The molecule has 0 saturated heterocycles. The summed E-state index contributed by atoms with van der Waals surface area (Å²) in [4.78, 5) is 12.9. The average Bonchev–Trinajstić information content (AvgIpc) is 3.01. The van der Waals surface area contributed by atoms with Gasteiger partial charge in [0.1, 0.15) is 6.61 Å². The Labute approximate surface area is 150 Å². The summed E-state index contributed by atoms with van der Waals surface area (Å²) >= 11 is 0. The van der Waals surface area contributed by atoms with Crippen LogP contribution < -0.4 is 15.2 Å². The highest BCUT2D eigenvalue weighted by molar-refractivity contribution is 5.83. The van der Waals surface area contributed by atoms with Crippen molar-refractivity contribution in [2.75, 3.05) is 33.2 Å². The zero-order valence-electron chi connectivity index (χ0n) is 14.5. The molecule has 9 heteroatoms. The highest BCUT2D eigenvalue weighted by atomic mass is 16.5. The second-order valence-corrected chi connectivity index (χ2v) is 5.40. The van der Waals surface area contributed by atoms with Crippen LogP contribution in [0.1, 0.15) is 11.1 Å². The SMILES string of the molecule is COCCOc1nc(N)c2nc(OC)n(Cc3ccc(C#N)cc3)c2n1. The summed E-state index contributed by atoms with van der Waals surface area (Å²) < 4.78 is 17.6. The molecule has 0 bridgehead atoms. The number of rotatable bonds is 7. The third-order valence-corrected chi connectivity index (χ3v) is 3.69.